The predicted octanol–water partition coefficient (Wildman–Crippen LogP) is 2.72. The first-order chi connectivity index (χ1) is 9.93. The van der Waals surface area contributed by atoms with Gasteiger partial charge in [-0.25, -0.2) is 0 Å². The van der Waals surface area contributed by atoms with E-state index in [4.69, 9.17) is 0 Å². The molecule has 114 valence electrons. The summed E-state index contributed by atoms with van der Waals surface area (Å²) >= 11 is 0. The zero-order valence-corrected chi connectivity index (χ0v) is 13.3. The van der Waals surface area contributed by atoms with Crippen molar-refractivity contribution in [3.63, 3.8) is 0 Å². The fraction of sp³-hybridized carbons (Fsp3) is 0.529. The fourth-order valence-electron chi connectivity index (χ4n) is 3.02. The van der Waals surface area contributed by atoms with E-state index >= 15 is 0 Å². The number of amides is 2. The Kier molecular flexibility index (Phi) is 4.35. The first-order valence-electron chi connectivity index (χ1n) is 7.63. The van der Waals surface area contributed by atoms with Crippen LogP contribution in [0.25, 0.3) is 0 Å². The van der Waals surface area contributed by atoms with Gasteiger partial charge in [-0.3, -0.25) is 9.59 Å². The van der Waals surface area contributed by atoms with Crippen LogP contribution >= 0.6 is 0 Å². The summed E-state index contributed by atoms with van der Waals surface area (Å²) in [4.78, 5) is 26.8. The molecule has 21 heavy (non-hydrogen) atoms. The van der Waals surface area contributed by atoms with Gasteiger partial charge in [0.25, 0.3) is 5.91 Å². The number of carbonyl (C=O) groups is 2. The van der Waals surface area contributed by atoms with Gasteiger partial charge in [-0.05, 0) is 38.3 Å². The molecule has 1 aliphatic rings. The molecule has 0 bridgehead atoms. The summed E-state index contributed by atoms with van der Waals surface area (Å²) in [6.07, 6.45) is 1.56. The van der Waals surface area contributed by atoms with Crippen LogP contribution in [0.4, 0.5) is 5.69 Å². The lowest BCUT2D eigenvalue weighted by atomic mass is 9.91. The minimum atomic E-state index is -0.773. The molecule has 1 aliphatic heterocycles. The van der Waals surface area contributed by atoms with E-state index in [2.05, 4.69) is 11.4 Å². The lowest BCUT2D eigenvalue weighted by molar-refractivity contribution is -0.130. The molecule has 0 atom stereocenters. The Morgan fingerprint density at radius 2 is 1.86 bits per heavy atom. The van der Waals surface area contributed by atoms with E-state index in [1.54, 1.807) is 4.90 Å². The number of hydrogen-bond acceptors (Lipinski definition) is 2. The van der Waals surface area contributed by atoms with Crippen LogP contribution < -0.4 is 10.2 Å². The normalized spacial score (nSPS) is 18.4. The Balaban J connectivity index is 2.47. The Hall–Kier alpha value is -1.84. The number of aryl methyl sites for hydroxylation is 2. The molecule has 0 aromatic heterocycles. The van der Waals surface area contributed by atoms with Gasteiger partial charge in [0.05, 0.1) is 0 Å². The zero-order valence-electron chi connectivity index (χ0n) is 13.3. The van der Waals surface area contributed by atoms with Gasteiger partial charge in [0, 0.05) is 18.7 Å². The van der Waals surface area contributed by atoms with E-state index in [9.17, 15) is 9.59 Å². The molecule has 1 saturated heterocycles. The van der Waals surface area contributed by atoms with Gasteiger partial charge >= 0.3 is 0 Å². The highest BCUT2D eigenvalue weighted by Crippen LogP contribution is 2.28. The summed E-state index contributed by atoms with van der Waals surface area (Å²) in [6, 6.07) is 6.06. The highest BCUT2D eigenvalue weighted by Gasteiger charge is 2.42. The third kappa shape index (κ3) is 2.80. The zero-order chi connectivity index (χ0) is 15.6. The first kappa shape index (κ1) is 15.5. The van der Waals surface area contributed by atoms with Gasteiger partial charge in [-0.2, -0.15) is 0 Å². The minimum absolute atomic E-state index is 0.00491. The molecular weight excluding hydrogens is 264 g/mol. The molecule has 0 unspecified atom stereocenters. The second-order valence-electron chi connectivity index (χ2n) is 5.83. The summed E-state index contributed by atoms with van der Waals surface area (Å²) in [7, 11) is 0. The molecule has 1 fully saturated rings. The van der Waals surface area contributed by atoms with Crippen LogP contribution in [0, 0.1) is 13.8 Å². The van der Waals surface area contributed by atoms with Crippen LogP contribution in [0.15, 0.2) is 18.2 Å². The standard InChI is InChI=1S/C17H24N2O2/c1-5-17(6-2)16(21)19(10-9-15(20)18-17)14-8-7-12(3)11-13(14)4/h7-8,11H,5-6,9-10H2,1-4H3,(H,18,20). The number of anilines is 1. The van der Waals surface area contributed by atoms with Crippen molar-refractivity contribution in [1.29, 1.82) is 0 Å². The van der Waals surface area contributed by atoms with Crippen LogP contribution in [-0.4, -0.2) is 23.9 Å². The van der Waals surface area contributed by atoms with Crippen LogP contribution in [-0.2, 0) is 9.59 Å². The second kappa shape index (κ2) is 5.88. The summed E-state index contributed by atoms with van der Waals surface area (Å²) in [5.41, 5.74) is 2.38. The molecular formula is C17H24N2O2. The monoisotopic (exact) mass is 288 g/mol. The Bertz CT molecular complexity index is 562. The predicted molar refractivity (Wildman–Crippen MR) is 84.3 cm³/mol. The van der Waals surface area contributed by atoms with Gasteiger partial charge in [-0.1, -0.05) is 31.5 Å². The van der Waals surface area contributed by atoms with E-state index < -0.39 is 5.54 Å². The molecule has 4 nitrogen and oxygen atoms in total. The average Bonchev–Trinajstić information content (AvgIpc) is 2.58. The maximum absolute atomic E-state index is 13.0. The number of nitrogens with one attached hydrogen (secondary N) is 1. The molecule has 2 rings (SSSR count). The van der Waals surface area contributed by atoms with Crippen molar-refractivity contribution in [2.45, 2.75) is 52.5 Å². The number of nitrogens with zero attached hydrogens (tertiary/aromatic N) is 1. The number of benzene rings is 1. The highest BCUT2D eigenvalue weighted by molar-refractivity contribution is 6.04. The van der Waals surface area contributed by atoms with Crippen LogP contribution in [0.1, 0.15) is 44.2 Å². The van der Waals surface area contributed by atoms with Crippen molar-refractivity contribution in [2.75, 3.05) is 11.4 Å². The van der Waals surface area contributed by atoms with Crippen molar-refractivity contribution < 1.29 is 9.59 Å². The molecule has 1 aromatic carbocycles. The van der Waals surface area contributed by atoms with E-state index in [1.165, 1.54) is 5.56 Å². The second-order valence-corrected chi connectivity index (χ2v) is 5.83. The van der Waals surface area contributed by atoms with Crippen LogP contribution in [0.5, 0.6) is 0 Å². The van der Waals surface area contributed by atoms with E-state index in [0.717, 1.165) is 11.3 Å². The largest absolute Gasteiger partial charge is 0.342 e. The Morgan fingerprint density at radius 3 is 2.43 bits per heavy atom. The molecule has 4 heteroatoms. The third-order valence-electron chi connectivity index (χ3n) is 4.45. The van der Waals surface area contributed by atoms with E-state index in [1.807, 2.05) is 39.8 Å². The summed E-state index contributed by atoms with van der Waals surface area (Å²) in [5, 5.41) is 2.94. The van der Waals surface area contributed by atoms with Crippen molar-refractivity contribution >= 4 is 17.5 Å². The van der Waals surface area contributed by atoms with Crippen LogP contribution in [0.3, 0.4) is 0 Å². The fourth-order valence-corrected chi connectivity index (χ4v) is 3.02. The summed E-state index contributed by atoms with van der Waals surface area (Å²) < 4.78 is 0. The molecule has 0 saturated carbocycles. The van der Waals surface area contributed by atoms with Crippen molar-refractivity contribution in [2.24, 2.45) is 0 Å². The minimum Gasteiger partial charge on any atom is -0.342 e. The Labute approximate surface area is 126 Å². The van der Waals surface area contributed by atoms with Crippen molar-refractivity contribution in [1.82, 2.24) is 5.32 Å². The third-order valence-corrected chi connectivity index (χ3v) is 4.45. The van der Waals surface area contributed by atoms with Gasteiger partial charge in [-0.15, -0.1) is 0 Å². The maximum Gasteiger partial charge on any atom is 0.252 e. The van der Waals surface area contributed by atoms with Crippen molar-refractivity contribution in [3.05, 3.63) is 29.3 Å². The van der Waals surface area contributed by atoms with Gasteiger partial charge in [0.1, 0.15) is 5.54 Å². The van der Waals surface area contributed by atoms with Gasteiger partial charge in [0.2, 0.25) is 5.91 Å². The summed E-state index contributed by atoms with van der Waals surface area (Å²) in [6.45, 7) is 8.39. The SMILES string of the molecule is CCC1(CC)NC(=O)CCN(c2ccc(C)cc2C)C1=O. The topological polar surface area (TPSA) is 49.4 Å². The molecule has 1 N–H and O–H groups in total. The molecule has 0 radical (unpaired) electrons. The lowest BCUT2D eigenvalue weighted by Gasteiger charge is -2.34. The average molecular weight is 288 g/mol. The highest BCUT2D eigenvalue weighted by atomic mass is 16.2. The van der Waals surface area contributed by atoms with Gasteiger partial charge < -0.3 is 10.2 Å². The lowest BCUT2D eigenvalue weighted by Crippen LogP contribution is -2.56. The number of rotatable bonds is 3. The van der Waals surface area contributed by atoms with Gasteiger partial charge in [0.15, 0.2) is 0 Å². The first-order valence-corrected chi connectivity index (χ1v) is 7.63. The van der Waals surface area contributed by atoms with E-state index in [-0.39, 0.29) is 11.8 Å². The molecule has 1 heterocycles. The molecule has 0 spiro atoms. The van der Waals surface area contributed by atoms with E-state index in [0.29, 0.717) is 25.8 Å². The quantitative estimate of drug-likeness (QED) is 0.929. The number of hydrogen-bond donors (Lipinski definition) is 1. The molecule has 0 aliphatic carbocycles. The Morgan fingerprint density at radius 1 is 1.19 bits per heavy atom. The maximum atomic E-state index is 13.0. The number of carbonyl (C=O) groups excluding carboxylic acids is 2. The van der Waals surface area contributed by atoms with Crippen molar-refractivity contribution in [3.8, 4) is 0 Å². The summed E-state index contributed by atoms with van der Waals surface area (Å²) in [5.74, 6) is -0.0374. The molecule has 1 aromatic rings. The van der Waals surface area contributed by atoms with Crippen LogP contribution in [0.2, 0.25) is 0 Å². The molecule has 2 amide bonds. The smallest absolute Gasteiger partial charge is 0.252 e.